The SMILES string of the molecule is CCCCOc1ccc(O)c(CC(=O)O)c1. The molecule has 0 fully saturated rings. The van der Waals surface area contributed by atoms with Crippen LogP contribution in [0.3, 0.4) is 0 Å². The molecule has 16 heavy (non-hydrogen) atoms. The van der Waals surface area contributed by atoms with Crippen LogP contribution in [0, 0.1) is 0 Å². The number of ether oxygens (including phenoxy) is 1. The van der Waals surface area contributed by atoms with Gasteiger partial charge in [-0.25, -0.2) is 0 Å². The summed E-state index contributed by atoms with van der Waals surface area (Å²) in [6.45, 7) is 2.67. The van der Waals surface area contributed by atoms with Crippen molar-refractivity contribution in [3.63, 3.8) is 0 Å². The highest BCUT2D eigenvalue weighted by Crippen LogP contribution is 2.23. The molecule has 0 aliphatic rings. The highest BCUT2D eigenvalue weighted by atomic mass is 16.5. The Hall–Kier alpha value is -1.71. The van der Waals surface area contributed by atoms with Crippen molar-refractivity contribution in [1.82, 2.24) is 0 Å². The lowest BCUT2D eigenvalue weighted by Gasteiger charge is -2.08. The molecule has 4 heteroatoms. The predicted molar refractivity (Wildman–Crippen MR) is 59.8 cm³/mol. The Labute approximate surface area is 94.5 Å². The highest BCUT2D eigenvalue weighted by molar-refractivity contribution is 5.71. The van der Waals surface area contributed by atoms with E-state index in [9.17, 15) is 9.90 Å². The second kappa shape index (κ2) is 6.00. The van der Waals surface area contributed by atoms with Crippen molar-refractivity contribution in [2.75, 3.05) is 6.61 Å². The maximum absolute atomic E-state index is 10.5. The van der Waals surface area contributed by atoms with Gasteiger partial charge in [0.05, 0.1) is 13.0 Å². The molecule has 0 saturated carbocycles. The Morgan fingerprint density at radius 1 is 1.44 bits per heavy atom. The fourth-order valence-corrected chi connectivity index (χ4v) is 1.29. The van der Waals surface area contributed by atoms with E-state index in [1.54, 1.807) is 12.1 Å². The van der Waals surface area contributed by atoms with Crippen molar-refractivity contribution in [1.29, 1.82) is 0 Å². The van der Waals surface area contributed by atoms with Crippen molar-refractivity contribution in [2.45, 2.75) is 26.2 Å². The number of carboxylic acids is 1. The lowest BCUT2D eigenvalue weighted by molar-refractivity contribution is -0.136. The van der Waals surface area contributed by atoms with E-state index in [-0.39, 0.29) is 12.2 Å². The molecule has 1 aromatic rings. The first-order valence-corrected chi connectivity index (χ1v) is 5.30. The zero-order valence-corrected chi connectivity index (χ0v) is 9.27. The molecule has 0 aromatic heterocycles. The second-order valence-corrected chi connectivity index (χ2v) is 3.56. The standard InChI is InChI=1S/C12H16O4/c1-2-3-6-16-10-4-5-11(13)9(7-10)8-12(14)15/h4-5,7,13H,2-3,6,8H2,1H3,(H,14,15). The Balaban J connectivity index is 2.69. The zero-order chi connectivity index (χ0) is 12.0. The molecule has 0 unspecified atom stereocenters. The molecule has 4 nitrogen and oxygen atoms in total. The fourth-order valence-electron chi connectivity index (χ4n) is 1.29. The summed E-state index contributed by atoms with van der Waals surface area (Å²) >= 11 is 0. The van der Waals surface area contributed by atoms with Gasteiger partial charge in [-0.1, -0.05) is 13.3 Å². The van der Waals surface area contributed by atoms with E-state index in [2.05, 4.69) is 6.92 Å². The Morgan fingerprint density at radius 3 is 2.81 bits per heavy atom. The number of phenols is 1. The average Bonchev–Trinajstić information content (AvgIpc) is 2.22. The third kappa shape index (κ3) is 3.81. The van der Waals surface area contributed by atoms with Gasteiger partial charge in [0.15, 0.2) is 0 Å². The molecule has 0 spiro atoms. The number of hydrogen-bond donors (Lipinski definition) is 2. The normalized spacial score (nSPS) is 10.1. The van der Waals surface area contributed by atoms with Gasteiger partial charge in [0.1, 0.15) is 11.5 Å². The molecule has 0 atom stereocenters. The van der Waals surface area contributed by atoms with E-state index in [4.69, 9.17) is 9.84 Å². The van der Waals surface area contributed by atoms with Crippen molar-refractivity contribution in [2.24, 2.45) is 0 Å². The molecule has 0 radical (unpaired) electrons. The molecule has 0 heterocycles. The number of rotatable bonds is 6. The lowest BCUT2D eigenvalue weighted by Crippen LogP contribution is -2.02. The minimum atomic E-state index is -0.971. The molecule has 0 amide bonds. The van der Waals surface area contributed by atoms with Crippen LogP contribution < -0.4 is 4.74 Å². The van der Waals surface area contributed by atoms with Crippen LogP contribution in [0.15, 0.2) is 18.2 Å². The number of benzene rings is 1. The zero-order valence-electron chi connectivity index (χ0n) is 9.27. The maximum Gasteiger partial charge on any atom is 0.307 e. The predicted octanol–water partition coefficient (Wildman–Crippen LogP) is 2.20. The van der Waals surface area contributed by atoms with Gasteiger partial charge in [0, 0.05) is 5.56 Å². The van der Waals surface area contributed by atoms with Gasteiger partial charge in [0.25, 0.3) is 0 Å². The largest absolute Gasteiger partial charge is 0.508 e. The smallest absolute Gasteiger partial charge is 0.307 e. The summed E-state index contributed by atoms with van der Waals surface area (Å²) in [5.74, 6) is -0.381. The van der Waals surface area contributed by atoms with Gasteiger partial charge in [-0.2, -0.15) is 0 Å². The van der Waals surface area contributed by atoms with Crippen molar-refractivity contribution < 1.29 is 19.7 Å². The van der Waals surface area contributed by atoms with Crippen LogP contribution in [0.25, 0.3) is 0 Å². The van der Waals surface area contributed by atoms with Crippen LogP contribution in [0.1, 0.15) is 25.3 Å². The van der Waals surface area contributed by atoms with E-state index in [0.29, 0.717) is 17.9 Å². The minimum absolute atomic E-state index is 0.00904. The summed E-state index contributed by atoms with van der Waals surface area (Å²) in [5, 5.41) is 18.1. The molecule has 0 saturated heterocycles. The summed E-state index contributed by atoms with van der Waals surface area (Å²) in [7, 11) is 0. The van der Waals surface area contributed by atoms with E-state index in [1.165, 1.54) is 6.07 Å². The van der Waals surface area contributed by atoms with Crippen molar-refractivity contribution in [3.05, 3.63) is 23.8 Å². The highest BCUT2D eigenvalue weighted by Gasteiger charge is 2.07. The van der Waals surface area contributed by atoms with Crippen LogP contribution in [0.2, 0.25) is 0 Å². The molecule has 88 valence electrons. The Bertz CT molecular complexity index is 360. The van der Waals surface area contributed by atoms with Crippen LogP contribution >= 0.6 is 0 Å². The third-order valence-electron chi connectivity index (χ3n) is 2.16. The van der Waals surface area contributed by atoms with Gasteiger partial charge in [0.2, 0.25) is 0 Å². The molecule has 2 N–H and O–H groups in total. The molecular weight excluding hydrogens is 208 g/mol. The number of hydrogen-bond acceptors (Lipinski definition) is 3. The third-order valence-corrected chi connectivity index (χ3v) is 2.16. The van der Waals surface area contributed by atoms with Gasteiger partial charge >= 0.3 is 5.97 Å². The quantitative estimate of drug-likeness (QED) is 0.727. The van der Waals surface area contributed by atoms with Crippen molar-refractivity contribution >= 4 is 5.97 Å². The summed E-state index contributed by atoms with van der Waals surface area (Å²) in [6, 6.07) is 4.66. The summed E-state index contributed by atoms with van der Waals surface area (Å²) in [6.07, 6.45) is 1.80. The number of carbonyl (C=O) groups is 1. The molecule has 0 aliphatic heterocycles. The van der Waals surface area contributed by atoms with Gasteiger partial charge in [-0.15, -0.1) is 0 Å². The average molecular weight is 224 g/mol. The van der Waals surface area contributed by atoms with E-state index >= 15 is 0 Å². The number of unbranched alkanes of at least 4 members (excludes halogenated alkanes) is 1. The van der Waals surface area contributed by atoms with E-state index < -0.39 is 5.97 Å². The monoisotopic (exact) mass is 224 g/mol. The summed E-state index contributed by atoms with van der Waals surface area (Å²) < 4.78 is 5.42. The number of aromatic hydroxyl groups is 1. The Morgan fingerprint density at radius 2 is 2.19 bits per heavy atom. The first kappa shape index (κ1) is 12.4. The minimum Gasteiger partial charge on any atom is -0.508 e. The molecular formula is C12H16O4. The van der Waals surface area contributed by atoms with Crippen LogP contribution in [0.4, 0.5) is 0 Å². The first-order valence-electron chi connectivity index (χ1n) is 5.30. The molecule has 0 aliphatic carbocycles. The number of aliphatic carboxylic acids is 1. The summed E-state index contributed by atoms with van der Waals surface area (Å²) in [4.78, 5) is 10.5. The first-order chi connectivity index (χ1) is 7.63. The fraction of sp³-hybridized carbons (Fsp3) is 0.417. The van der Waals surface area contributed by atoms with Crippen LogP contribution in [0.5, 0.6) is 11.5 Å². The van der Waals surface area contributed by atoms with Crippen LogP contribution in [-0.4, -0.2) is 22.8 Å². The van der Waals surface area contributed by atoms with Crippen LogP contribution in [-0.2, 0) is 11.2 Å². The molecule has 0 bridgehead atoms. The van der Waals surface area contributed by atoms with Gasteiger partial charge in [-0.3, -0.25) is 4.79 Å². The molecule has 1 aromatic carbocycles. The Kier molecular flexibility index (Phi) is 4.64. The topological polar surface area (TPSA) is 66.8 Å². The lowest BCUT2D eigenvalue weighted by atomic mass is 10.1. The van der Waals surface area contributed by atoms with Gasteiger partial charge in [-0.05, 0) is 24.6 Å². The van der Waals surface area contributed by atoms with E-state index in [1.807, 2.05) is 0 Å². The second-order valence-electron chi connectivity index (χ2n) is 3.56. The number of carboxylic acid groups (broad SMARTS) is 1. The molecule has 1 rings (SSSR count). The van der Waals surface area contributed by atoms with Gasteiger partial charge < -0.3 is 14.9 Å². The van der Waals surface area contributed by atoms with Crippen molar-refractivity contribution in [3.8, 4) is 11.5 Å². The van der Waals surface area contributed by atoms with E-state index in [0.717, 1.165) is 12.8 Å². The number of phenolic OH excluding ortho intramolecular Hbond substituents is 1. The summed E-state index contributed by atoms with van der Waals surface area (Å²) in [5.41, 5.74) is 0.376. The maximum atomic E-state index is 10.5.